The van der Waals surface area contributed by atoms with Crippen molar-refractivity contribution in [3.63, 3.8) is 0 Å². The van der Waals surface area contributed by atoms with Crippen molar-refractivity contribution in [1.29, 1.82) is 0 Å². The molecule has 0 saturated heterocycles. The molecule has 0 radical (unpaired) electrons. The second-order valence-electron chi connectivity index (χ2n) is 4.54. The number of benzene rings is 1. The maximum atomic E-state index is 13.1. The molecule has 5 nitrogen and oxygen atoms in total. The normalized spacial score (nSPS) is 11.2. The van der Waals surface area contributed by atoms with E-state index in [9.17, 15) is 27.2 Å². The Morgan fingerprint density at radius 3 is 2.48 bits per heavy atom. The SMILES string of the molecule is COCCNC(=O)CCNC(=O)c1ccc(F)c(C(F)(F)F)c1. The van der Waals surface area contributed by atoms with Crippen LogP contribution in [0, 0.1) is 5.82 Å². The Hall–Kier alpha value is -2.16. The maximum Gasteiger partial charge on any atom is 0.419 e. The fourth-order valence-corrected chi connectivity index (χ4v) is 1.66. The fraction of sp³-hybridized carbons (Fsp3) is 0.429. The molecular weight excluding hydrogens is 320 g/mol. The van der Waals surface area contributed by atoms with E-state index in [0.29, 0.717) is 25.3 Å². The van der Waals surface area contributed by atoms with Gasteiger partial charge in [-0.1, -0.05) is 0 Å². The molecule has 0 atom stereocenters. The molecule has 1 aromatic carbocycles. The lowest BCUT2D eigenvalue weighted by Gasteiger charge is -2.10. The molecule has 1 aromatic rings. The summed E-state index contributed by atoms with van der Waals surface area (Å²) in [5.41, 5.74) is -1.85. The lowest BCUT2D eigenvalue weighted by Crippen LogP contribution is -2.32. The molecule has 0 aliphatic carbocycles. The number of carbonyl (C=O) groups is 2. The third-order valence-electron chi connectivity index (χ3n) is 2.80. The van der Waals surface area contributed by atoms with Crippen molar-refractivity contribution in [2.45, 2.75) is 12.6 Å². The Morgan fingerprint density at radius 2 is 1.87 bits per heavy atom. The maximum absolute atomic E-state index is 13.1. The first-order chi connectivity index (χ1) is 10.8. The Labute approximate surface area is 130 Å². The summed E-state index contributed by atoms with van der Waals surface area (Å²) in [5.74, 6) is -2.61. The van der Waals surface area contributed by atoms with Crippen LogP contribution in [0.4, 0.5) is 17.6 Å². The Morgan fingerprint density at radius 1 is 1.17 bits per heavy atom. The minimum Gasteiger partial charge on any atom is -0.383 e. The van der Waals surface area contributed by atoms with Gasteiger partial charge in [0.25, 0.3) is 5.91 Å². The number of hydrogen-bond acceptors (Lipinski definition) is 3. The lowest BCUT2D eigenvalue weighted by atomic mass is 10.1. The average molecular weight is 336 g/mol. The van der Waals surface area contributed by atoms with Gasteiger partial charge >= 0.3 is 6.18 Å². The van der Waals surface area contributed by atoms with E-state index in [4.69, 9.17) is 4.74 Å². The summed E-state index contributed by atoms with van der Waals surface area (Å²) in [6.45, 7) is 0.598. The molecule has 0 spiro atoms. The van der Waals surface area contributed by atoms with Crippen LogP contribution in [-0.2, 0) is 15.7 Å². The van der Waals surface area contributed by atoms with Crippen LogP contribution in [0.1, 0.15) is 22.3 Å². The number of halogens is 4. The van der Waals surface area contributed by atoms with Gasteiger partial charge in [0.05, 0.1) is 12.2 Å². The van der Waals surface area contributed by atoms with E-state index in [-0.39, 0.29) is 24.4 Å². The summed E-state index contributed by atoms with van der Waals surface area (Å²) in [6, 6.07) is 1.96. The first-order valence-electron chi connectivity index (χ1n) is 6.66. The van der Waals surface area contributed by atoms with Crippen LogP contribution in [0.15, 0.2) is 18.2 Å². The van der Waals surface area contributed by atoms with E-state index in [2.05, 4.69) is 10.6 Å². The molecular formula is C14H16F4N2O3. The Balaban J connectivity index is 2.54. The molecule has 0 aliphatic heterocycles. The zero-order valence-electron chi connectivity index (χ0n) is 12.3. The zero-order valence-corrected chi connectivity index (χ0v) is 12.3. The number of hydrogen-bond donors (Lipinski definition) is 2. The van der Waals surface area contributed by atoms with Gasteiger partial charge in [-0.15, -0.1) is 0 Å². The zero-order chi connectivity index (χ0) is 17.5. The van der Waals surface area contributed by atoms with Crippen LogP contribution in [0.25, 0.3) is 0 Å². The molecule has 9 heteroatoms. The van der Waals surface area contributed by atoms with Gasteiger partial charge in [0, 0.05) is 32.2 Å². The van der Waals surface area contributed by atoms with Crippen LogP contribution in [0.3, 0.4) is 0 Å². The second-order valence-corrected chi connectivity index (χ2v) is 4.54. The molecule has 0 saturated carbocycles. The molecule has 2 N–H and O–H groups in total. The van der Waals surface area contributed by atoms with E-state index >= 15 is 0 Å². The third kappa shape index (κ3) is 6.23. The van der Waals surface area contributed by atoms with Crippen molar-refractivity contribution in [3.05, 3.63) is 35.1 Å². The molecule has 2 amide bonds. The fourth-order valence-electron chi connectivity index (χ4n) is 1.66. The molecule has 0 bridgehead atoms. The summed E-state index contributed by atoms with van der Waals surface area (Å²) in [7, 11) is 1.48. The quantitative estimate of drug-likeness (QED) is 0.589. The minimum atomic E-state index is -4.89. The van der Waals surface area contributed by atoms with Crippen LogP contribution in [0.2, 0.25) is 0 Å². The largest absolute Gasteiger partial charge is 0.419 e. The van der Waals surface area contributed by atoms with Crippen molar-refractivity contribution < 1.29 is 31.9 Å². The molecule has 23 heavy (non-hydrogen) atoms. The Bertz CT molecular complexity index is 561. The highest BCUT2D eigenvalue weighted by molar-refractivity contribution is 5.94. The van der Waals surface area contributed by atoms with Gasteiger partial charge in [0.15, 0.2) is 0 Å². The predicted molar refractivity (Wildman–Crippen MR) is 73.2 cm³/mol. The van der Waals surface area contributed by atoms with E-state index in [1.807, 2.05) is 0 Å². The van der Waals surface area contributed by atoms with Crippen molar-refractivity contribution in [1.82, 2.24) is 10.6 Å². The molecule has 1 rings (SSSR count). The summed E-state index contributed by atoms with van der Waals surface area (Å²) in [4.78, 5) is 23.1. The molecule has 128 valence electrons. The Kier molecular flexibility index (Phi) is 6.95. The number of ether oxygens (including phenoxy) is 1. The lowest BCUT2D eigenvalue weighted by molar-refractivity contribution is -0.140. The highest BCUT2D eigenvalue weighted by atomic mass is 19.4. The number of carbonyl (C=O) groups excluding carboxylic acids is 2. The van der Waals surface area contributed by atoms with Crippen LogP contribution < -0.4 is 10.6 Å². The highest BCUT2D eigenvalue weighted by Gasteiger charge is 2.34. The smallest absolute Gasteiger partial charge is 0.383 e. The van der Waals surface area contributed by atoms with E-state index in [1.54, 1.807) is 0 Å². The minimum absolute atomic E-state index is 0.0389. The van der Waals surface area contributed by atoms with Gasteiger partial charge in [-0.25, -0.2) is 4.39 Å². The number of amides is 2. The van der Waals surface area contributed by atoms with Crippen LogP contribution in [-0.4, -0.2) is 38.6 Å². The summed E-state index contributed by atoms with van der Waals surface area (Å²) in [6.07, 6.45) is -4.93. The highest BCUT2D eigenvalue weighted by Crippen LogP contribution is 2.31. The topological polar surface area (TPSA) is 67.4 Å². The van der Waals surface area contributed by atoms with Crippen molar-refractivity contribution in [2.75, 3.05) is 26.8 Å². The van der Waals surface area contributed by atoms with Gasteiger partial charge < -0.3 is 15.4 Å². The van der Waals surface area contributed by atoms with Crippen LogP contribution >= 0.6 is 0 Å². The number of rotatable bonds is 7. The van der Waals surface area contributed by atoms with Gasteiger partial charge in [0.2, 0.25) is 5.91 Å². The first-order valence-corrected chi connectivity index (χ1v) is 6.66. The second kappa shape index (κ2) is 8.47. The average Bonchev–Trinajstić information content (AvgIpc) is 2.46. The standard InChI is InChI=1S/C14H16F4N2O3/c1-23-7-6-19-12(21)4-5-20-13(22)9-2-3-11(15)10(8-9)14(16,17)18/h2-3,8H,4-7H2,1H3,(H,19,21)(H,20,22). The third-order valence-corrected chi connectivity index (χ3v) is 2.80. The molecule has 0 aliphatic rings. The molecule has 0 aromatic heterocycles. The first kappa shape index (κ1) is 18.9. The summed E-state index contributed by atoms with van der Waals surface area (Å²) >= 11 is 0. The number of nitrogens with one attached hydrogen (secondary N) is 2. The van der Waals surface area contributed by atoms with E-state index in [1.165, 1.54) is 7.11 Å². The van der Waals surface area contributed by atoms with Crippen molar-refractivity contribution in [3.8, 4) is 0 Å². The predicted octanol–water partition coefficient (Wildman–Crippen LogP) is 1.73. The van der Waals surface area contributed by atoms with Crippen molar-refractivity contribution in [2.24, 2.45) is 0 Å². The van der Waals surface area contributed by atoms with E-state index in [0.717, 1.165) is 6.07 Å². The molecule has 0 heterocycles. The summed E-state index contributed by atoms with van der Waals surface area (Å²) < 4.78 is 55.5. The molecule has 0 fully saturated rings. The van der Waals surface area contributed by atoms with Crippen molar-refractivity contribution >= 4 is 11.8 Å². The molecule has 0 unspecified atom stereocenters. The number of alkyl halides is 3. The monoisotopic (exact) mass is 336 g/mol. The van der Waals surface area contributed by atoms with Crippen LogP contribution in [0.5, 0.6) is 0 Å². The van der Waals surface area contributed by atoms with Gasteiger partial charge in [-0.05, 0) is 18.2 Å². The summed E-state index contributed by atoms with van der Waals surface area (Å²) in [5, 5.41) is 4.82. The van der Waals surface area contributed by atoms with E-state index < -0.39 is 23.5 Å². The number of methoxy groups -OCH3 is 1. The van der Waals surface area contributed by atoms with Gasteiger partial charge in [-0.2, -0.15) is 13.2 Å². The van der Waals surface area contributed by atoms with Gasteiger partial charge in [-0.3, -0.25) is 9.59 Å². The van der Waals surface area contributed by atoms with Gasteiger partial charge in [0.1, 0.15) is 5.82 Å².